The molecule has 1 rings (SSSR count). The van der Waals surface area contributed by atoms with Crippen LogP contribution in [0.1, 0.15) is 17.3 Å². The number of aliphatic carboxylic acids is 1. The average molecular weight is 286 g/mol. The highest BCUT2D eigenvalue weighted by Gasteiger charge is 2.19. The largest absolute Gasteiger partial charge is 0.480 e. The van der Waals surface area contributed by atoms with E-state index in [1.54, 1.807) is 0 Å². The van der Waals surface area contributed by atoms with Gasteiger partial charge in [0.15, 0.2) is 5.78 Å². The van der Waals surface area contributed by atoms with E-state index >= 15 is 0 Å². The molecule has 0 aromatic heterocycles. The maximum Gasteiger partial charge on any atom is 0.318 e. The fourth-order valence-electron chi connectivity index (χ4n) is 1.28. The van der Waals surface area contributed by atoms with Gasteiger partial charge in [-0.1, -0.05) is 0 Å². The first kappa shape index (κ1) is 15.1. The van der Waals surface area contributed by atoms with Crippen LogP contribution in [-0.4, -0.2) is 43.2 Å². The summed E-state index contributed by atoms with van der Waals surface area (Å²) in [6.07, 6.45) is 0. The number of rotatable bonds is 6. The van der Waals surface area contributed by atoms with Crippen molar-refractivity contribution >= 4 is 27.6 Å². The van der Waals surface area contributed by atoms with E-state index in [0.29, 0.717) is 9.87 Å². The van der Waals surface area contributed by atoms with Crippen molar-refractivity contribution in [3.8, 4) is 0 Å². The van der Waals surface area contributed by atoms with E-state index in [9.17, 15) is 18.0 Å². The lowest BCUT2D eigenvalue weighted by atomic mass is 10.1. The van der Waals surface area contributed by atoms with Gasteiger partial charge in [-0.3, -0.25) is 14.3 Å². The Morgan fingerprint density at radius 1 is 1.26 bits per heavy atom. The van der Waals surface area contributed by atoms with Gasteiger partial charge in [0.1, 0.15) is 6.54 Å². The quantitative estimate of drug-likeness (QED) is 0.744. The molecule has 0 aliphatic carbocycles. The van der Waals surface area contributed by atoms with Crippen molar-refractivity contribution in [3.05, 3.63) is 29.8 Å². The zero-order valence-corrected chi connectivity index (χ0v) is 11.3. The van der Waals surface area contributed by atoms with Crippen molar-refractivity contribution in [1.82, 2.24) is 4.31 Å². The molecule has 0 aliphatic heterocycles. The lowest BCUT2D eigenvalue weighted by Crippen LogP contribution is -2.36. The number of hydrogen-bond donors (Lipinski definition) is 2. The molecule has 0 fully saturated rings. The number of nitrogens with zero attached hydrogens (tertiary/aromatic N) is 1. The van der Waals surface area contributed by atoms with Crippen molar-refractivity contribution in [3.63, 3.8) is 0 Å². The van der Waals surface area contributed by atoms with E-state index in [1.807, 2.05) is 0 Å². The minimum Gasteiger partial charge on any atom is -0.480 e. The summed E-state index contributed by atoms with van der Waals surface area (Å²) in [5, 5.41) is 8.54. The second-order valence-electron chi connectivity index (χ2n) is 3.89. The second-order valence-corrected chi connectivity index (χ2v) is 5.67. The molecular formula is C11H14N2O5S. The minimum absolute atomic E-state index is 0.127. The van der Waals surface area contributed by atoms with Crippen molar-refractivity contribution in [1.29, 1.82) is 0 Å². The summed E-state index contributed by atoms with van der Waals surface area (Å²) < 4.78 is 26.4. The summed E-state index contributed by atoms with van der Waals surface area (Å²) in [4.78, 5) is 21.5. The van der Waals surface area contributed by atoms with Crippen LogP contribution in [0.25, 0.3) is 0 Å². The van der Waals surface area contributed by atoms with Gasteiger partial charge in [0.2, 0.25) is 0 Å². The number of nitrogens with one attached hydrogen (secondary N) is 1. The maximum atomic E-state index is 11.7. The van der Waals surface area contributed by atoms with Gasteiger partial charge in [-0.05, 0) is 31.2 Å². The van der Waals surface area contributed by atoms with E-state index in [0.717, 1.165) is 7.05 Å². The summed E-state index contributed by atoms with van der Waals surface area (Å²) in [7, 11) is -2.77. The third-order valence-corrected chi connectivity index (χ3v) is 3.75. The lowest BCUT2D eigenvalue weighted by Gasteiger charge is -2.16. The molecule has 0 heterocycles. The van der Waals surface area contributed by atoms with Gasteiger partial charge >= 0.3 is 16.2 Å². The number of likely N-dealkylation sites (N-methyl/N-ethyl adjacent to an activating group) is 1. The topological polar surface area (TPSA) is 104 Å². The predicted octanol–water partition coefficient (Wildman–Crippen LogP) is 0.562. The number of benzene rings is 1. The van der Waals surface area contributed by atoms with Crippen molar-refractivity contribution < 1.29 is 23.1 Å². The molecule has 0 radical (unpaired) electrons. The van der Waals surface area contributed by atoms with Crippen LogP contribution in [0.5, 0.6) is 0 Å². The number of Topliss-reactive ketones (excluding diaryl/α,β-unsaturated/α-hetero) is 1. The van der Waals surface area contributed by atoms with Crippen LogP contribution in [0.2, 0.25) is 0 Å². The standard InChI is InChI=1S/C11H14N2O5S/c1-8(14)9-3-5-10(6-4-9)12-19(17,18)13(2)7-11(15)16/h3-6,12H,7H2,1-2H3,(H,15,16). The lowest BCUT2D eigenvalue weighted by molar-refractivity contribution is -0.137. The van der Waals surface area contributed by atoms with Gasteiger partial charge in [0.05, 0.1) is 0 Å². The molecule has 0 bridgehead atoms. The first-order valence-electron chi connectivity index (χ1n) is 5.29. The van der Waals surface area contributed by atoms with Crippen LogP contribution in [0.4, 0.5) is 5.69 Å². The van der Waals surface area contributed by atoms with E-state index in [1.165, 1.54) is 31.2 Å². The highest BCUT2D eigenvalue weighted by molar-refractivity contribution is 7.90. The summed E-state index contributed by atoms with van der Waals surface area (Å²) >= 11 is 0. The normalized spacial score (nSPS) is 11.3. The molecule has 19 heavy (non-hydrogen) atoms. The maximum absolute atomic E-state index is 11.7. The highest BCUT2D eigenvalue weighted by atomic mass is 32.2. The Hall–Kier alpha value is -1.93. The van der Waals surface area contributed by atoms with Crippen LogP contribution >= 0.6 is 0 Å². The summed E-state index contributed by atoms with van der Waals surface area (Å²) in [5.74, 6) is -1.38. The molecule has 2 N–H and O–H groups in total. The monoisotopic (exact) mass is 286 g/mol. The zero-order chi connectivity index (χ0) is 14.6. The second kappa shape index (κ2) is 5.81. The van der Waals surface area contributed by atoms with Gasteiger partial charge in [0.25, 0.3) is 0 Å². The Balaban J connectivity index is 2.83. The molecular weight excluding hydrogens is 272 g/mol. The summed E-state index contributed by atoms with van der Waals surface area (Å²) in [6.45, 7) is 0.765. The van der Waals surface area contributed by atoms with Crippen LogP contribution in [-0.2, 0) is 15.0 Å². The smallest absolute Gasteiger partial charge is 0.318 e. The number of carbonyl (C=O) groups excluding carboxylic acids is 1. The van der Waals surface area contributed by atoms with Crippen LogP contribution in [0.3, 0.4) is 0 Å². The molecule has 0 spiro atoms. The number of carboxylic acids is 1. The molecule has 0 unspecified atom stereocenters. The number of ketones is 1. The fraction of sp³-hybridized carbons (Fsp3) is 0.273. The van der Waals surface area contributed by atoms with Crippen molar-refractivity contribution in [2.45, 2.75) is 6.92 Å². The molecule has 0 saturated heterocycles. The average Bonchev–Trinajstić information content (AvgIpc) is 2.28. The molecule has 1 aromatic carbocycles. The predicted molar refractivity (Wildman–Crippen MR) is 69.3 cm³/mol. The Bertz CT molecular complexity index is 580. The van der Waals surface area contributed by atoms with E-state index in [-0.39, 0.29) is 11.5 Å². The fourth-order valence-corrected chi connectivity index (χ4v) is 2.15. The third-order valence-electron chi connectivity index (χ3n) is 2.31. The summed E-state index contributed by atoms with van der Waals surface area (Å²) in [5.41, 5.74) is 0.712. The number of carboxylic acid groups (broad SMARTS) is 1. The van der Waals surface area contributed by atoms with Crippen LogP contribution in [0, 0.1) is 0 Å². The SMILES string of the molecule is CC(=O)c1ccc(NS(=O)(=O)N(C)CC(=O)O)cc1. The Kier molecular flexibility index (Phi) is 4.62. The molecule has 0 saturated carbocycles. The molecule has 0 aliphatic rings. The van der Waals surface area contributed by atoms with Gasteiger partial charge < -0.3 is 5.11 Å². The minimum atomic E-state index is -3.92. The van der Waals surface area contributed by atoms with Gasteiger partial charge in [-0.15, -0.1) is 0 Å². The van der Waals surface area contributed by atoms with Gasteiger partial charge in [-0.25, -0.2) is 0 Å². The van der Waals surface area contributed by atoms with Gasteiger partial charge in [-0.2, -0.15) is 12.7 Å². The van der Waals surface area contributed by atoms with E-state index < -0.39 is 22.7 Å². The molecule has 7 nitrogen and oxygen atoms in total. The third kappa shape index (κ3) is 4.34. The number of carbonyl (C=O) groups is 2. The summed E-state index contributed by atoms with van der Waals surface area (Å²) in [6, 6.07) is 5.83. The van der Waals surface area contributed by atoms with E-state index in [4.69, 9.17) is 5.11 Å². The Labute approximate surface area is 111 Å². The molecule has 104 valence electrons. The number of hydrogen-bond acceptors (Lipinski definition) is 4. The highest BCUT2D eigenvalue weighted by Crippen LogP contribution is 2.12. The number of anilines is 1. The first-order chi connectivity index (χ1) is 8.72. The Morgan fingerprint density at radius 3 is 2.21 bits per heavy atom. The van der Waals surface area contributed by atoms with Crippen LogP contribution < -0.4 is 4.72 Å². The van der Waals surface area contributed by atoms with Crippen molar-refractivity contribution in [2.24, 2.45) is 0 Å². The molecule has 0 atom stereocenters. The first-order valence-corrected chi connectivity index (χ1v) is 6.73. The van der Waals surface area contributed by atoms with Crippen molar-refractivity contribution in [2.75, 3.05) is 18.3 Å². The zero-order valence-electron chi connectivity index (χ0n) is 10.5. The Morgan fingerprint density at radius 2 is 1.79 bits per heavy atom. The molecule has 0 amide bonds. The molecule has 8 heteroatoms. The van der Waals surface area contributed by atoms with Crippen LogP contribution in [0.15, 0.2) is 24.3 Å². The van der Waals surface area contributed by atoms with E-state index in [2.05, 4.69) is 4.72 Å². The molecule has 1 aromatic rings. The van der Waals surface area contributed by atoms with Gasteiger partial charge in [0, 0.05) is 18.3 Å².